The molecule has 0 atom stereocenters. The molecular weight excluding hydrogens is 440 g/mol. The molecule has 1 aromatic carbocycles. The van der Waals surface area contributed by atoms with Crippen molar-refractivity contribution < 1.29 is 21.6 Å². The van der Waals surface area contributed by atoms with E-state index in [1.807, 2.05) is 0 Å². The normalized spacial score (nSPS) is 19.8. The largest absolute Gasteiger partial charge is 0.336 e. The third-order valence-electron chi connectivity index (χ3n) is 6.18. The van der Waals surface area contributed by atoms with E-state index in [9.17, 15) is 21.6 Å². The van der Waals surface area contributed by atoms with Crippen molar-refractivity contribution in [2.45, 2.75) is 43.0 Å². The van der Waals surface area contributed by atoms with E-state index in [-0.39, 0.29) is 43.0 Å². The van der Waals surface area contributed by atoms with Crippen LogP contribution in [0.2, 0.25) is 0 Å². The minimum Gasteiger partial charge on any atom is -0.336 e. The van der Waals surface area contributed by atoms with Crippen LogP contribution in [0.15, 0.2) is 29.2 Å². The Bertz CT molecular complexity index is 979. The minimum absolute atomic E-state index is 0.0230. The quantitative estimate of drug-likeness (QED) is 0.620. The van der Waals surface area contributed by atoms with Gasteiger partial charge in [0.15, 0.2) is 0 Å². The maximum atomic E-state index is 13.0. The predicted molar refractivity (Wildman–Crippen MR) is 118 cm³/mol. The van der Waals surface area contributed by atoms with Gasteiger partial charge in [0.05, 0.1) is 4.90 Å². The van der Waals surface area contributed by atoms with E-state index in [0.717, 1.165) is 36.4 Å². The number of hydrogen-bond donors (Lipinski definition) is 0. The zero-order valence-electron chi connectivity index (χ0n) is 18.4. The van der Waals surface area contributed by atoms with Gasteiger partial charge in [-0.2, -0.15) is 21.3 Å². The number of carbonyl (C=O) groups excluding carboxylic acids is 1. The third-order valence-corrected chi connectivity index (χ3v) is 10.0. The smallest absolute Gasteiger partial charge is 0.281 e. The number of piperazine rings is 1. The maximum Gasteiger partial charge on any atom is 0.281 e. The molecule has 3 rings (SSSR count). The topological polar surface area (TPSA) is 98.3 Å². The van der Waals surface area contributed by atoms with Gasteiger partial charge in [-0.1, -0.05) is 19.3 Å². The Balaban J connectivity index is 1.65. The van der Waals surface area contributed by atoms with Crippen LogP contribution < -0.4 is 0 Å². The van der Waals surface area contributed by atoms with E-state index < -0.39 is 20.2 Å². The van der Waals surface area contributed by atoms with Gasteiger partial charge in [-0.05, 0) is 37.1 Å². The monoisotopic (exact) mass is 472 g/mol. The van der Waals surface area contributed by atoms with E-state index in [2.05, 4.69) is 0 Å². The summed E-state index contributed by atoms with van der Waals surface area (Å²) in [4.78, 5) is 14.6. The van der Waals surface area contributed by atoms with Crippen molar-refractivity contribution in [1.82, 2.24) is 17.8 Å². The van der Waals surface area contributed by atoms with Gasteiger partial charge >= 0.3 is 0 Å². The van der Waals surface area contributed by atoms with Gasteiger partial charge in [-0.3, -0.25) is 4.79 Å². The molecule has 9 nitrogen and oxygen atoms in total. The highest BCUT2D eigenvalue weighted by Crippen LogP contribution is 2.26. The van der Waals surface area contributed by atoms with Gasteiger partial charge in [0.25, 0.3) is 16.1 Å². The Morgan fingerprint density at radius 1 is 0.871 bits per heavy atom. The SMILES string of the molecule is CN(C1CCCCC1)S(=O)(=O)c1ccc(C(=O)N2CCN(S(=O)(=O)N(C)C)CC2)cc1. The van der Waals surface area contributed by atoms with Crippen LogP contribution in [0.4, 0.5) is 0 Å². The summed E-state index contributed by atoms with van der Waals surface area (Å²) in [5, 5.41) is 0. The average Bonchev–Trinajstić information content (AvgIpc) is 2.78. The highest BCUT2D eigenvalue weighted by atomic mass is 32.2. The van der Waals surface area contributed by atoms with Gasteiger partial charge in [0.1, 0.15) is 0 Å². The fourth-order valence-corrected chi connectivity index (χ4v) is 6.61. The van der Waals surface area contributed by atoms with Crippen LogP contribution in [-0.4, -0.2) is 93.9 Å². The molecule has 1 amide bonds. The summed E-state index contributed by atoms with van der Waals surface area (Å²) >= 11 is 0. The number of nitrogens with zero attached hydrogens (tertiary/aromatic N) is 4. The van der Waals surface area contributed by atoms with Crippen molar-refractivity contribution in [3.8, 4) is 0 Å². The van der Waals surface area contributed by atoms with E-state index >= 15 is 0 Å². The van der Waals surface area contributed by atoms with Crippen LogP contribution >= 0.6 is 0 Å². The first-order chi connectivity index (χ1) is 14.5. The number of benzene rings is 1. The number of amides is 1. The molecule has 2 aliphatic rings. The molecule has 1 aliphatic carbocycles. The molecule has 0 unspecified atom stereocenters. The Hall–Kier alpha value is -1.53. The molecule has 2 fully saturated rings. The van der Waals surface area contributed by atoms with Crippen molar-refractivity contribution >= 4 is 26.1 Å². The molecule has 0 aromatic heterocycles. The second-order valence-corrected chi connectivity index (χ2v) is 12.5. The molecule has 0 radical (unpaired) electrons. The maximum absolute atomic E-state index is 13.0. The molecule has 1 saturated carbocycles. The second kappa shape index (κ2) is 9.53. The highest BCUT2D eigenvalue weighted by Gasteiger charge is 2.31. The van der Waals surface area contributed by atoms with Crippen LogP contribution in [0.1, 0.15) is 42.5 Å². The molecule has 1 aromatic rings. The fourth-order valence-electron chi connectivity index (χ4n) is 4.11. The number of carbonyl (C=O) groups is 1. The van der Waals surface area contributed by atoms with Crippen molar-refractivity contribution in [3.05, 3.63) is 29.8 Å². The van der Waals surface area contributed by atoms with E-state index in [1.54, 1.807) is 11.9 Å². The number of sulfonamides is 1. The van der Waals surface area contributed by atoms with Crippen LogP contribution in [0, 0.1) is 0 Å². The van der Waals surface area contributed by atoms with Crippen molar-refractivity contribution in [3.63, 3.8) is 0 Å². The molecule has 31 heavy (non-hydrogen) atoms. The molecule has 0 spiro atoms. The van der Waals surface area contributed by atoms with Crippen LogP contribution in [0.3, 0.4) is 0 Å². The summed E-state index contributed by atoms with van der Waals surface area (Å²) in [5.41, 5.74) is 0.392. The second-order valence-electron chi connectivity index (χ2n) is 8.32. The Morgan fingerprint density at radius 2 is 1.42 bits per heavy atom. The molecule has 1 aliphatic heterocycles. The lowest BCUT2D eigenvalue weighted by molar-refractivity contribution is 0.0695. The molecule has 1 heterocycles. The summed E-state index contributed by atoms with van der Waals surface area (Å²) in [6.45, 7) is 1.03. The van der Waals surface area contributed by atoms with Gasteiger partial charge in [-0.15, -0.1) is 0 Å². The minimum atomic E-state index is -3.61. The van der Waals surface area contributed by atoms with E-state index in [4.69, 9.17) is 0 Å². The first-order valence-electron chi connectivity index (χ1n) is 10.6. The molecule has 11 heteroatoms. The summed E-state index contributed by atoms with van der Waals surface area (Å²) in [7, 11) is -2.51. The zero-order valence-corrected chi connectivity index (χ0v) is 20.0. The van der Waals surface area contributed by atoms with E-state index in [0.29, 0.717) is 5.56 Å². The lowest BCUT2D eigenvalue weighted by atomic mass is 9.96. The standard InChI is InChI=1S/C20H32N4O5S2/c1-21(2)31(28,29)24-15-13-23(14-16-24)20(25)17-9-11-19(12-10-17)30(26,27)22(3)18-7-5-4-6-8-18/h9-12,18H,4-8,13-16H2,1-3H3. The number of hydrogen-bond acceptors (Lipinski definition) is 5. The molecular formula is C20H32N4O5S2. The van der Waals surface area contributed by atoms with Gasteiger partial charge in [-0.25, -0.2) is 8.42 Å². The van der Waals surface area contributed by atoms with E-state index in [1.165, 1.54) is 47.0 Å². The lowest BCUT2D eigenvalue weighted by Crippen LogP contribution is -2.53. The summed E-state index contributed by atoms with van der Waals surface area (Å²) in [6, 6.07) is 6.05. The summed E-state index contributed by atoms with van der Waals surface area (Å²) in [6.07, 6.45) is 4.99. The zero-order chi connectivity index (χ0) is 22.8. The van der Waals surface area contributed by atoms with Crippen molar-refractivity contribution in [2.24, 2.45) is 0 Å². The fraction of sp³-hybridized carbons (Fsp3) is 0.650. The van der Waals surface area contributed by atoms with Crippen molar-refractivity contribution in [1.29, 1.82) is 0 Å². The van der Waals surface area contributed by atoms with Crippen LogP contribution in [0.5, 0.6) is 0 Å². The first kappa shape index (κ1) is 24.1. The highest BCUT2D eigenvalue weighted by molar-refractivity contribution is 7.89. The van der Waals surface area contributed by atoms with Crippen LogP contribution in [0.25, 0.3) is 0 Å². The van der Waals surface area contributed by atoms with Crippen LogP contribution in [-0.2, 0) is 20.2 Å². The molecule has 1 saturated heterocycles. The van der Waals surface area contributed by atoms with Gasteiger partial charge in [0.2, 0.25) is 10.0 Å². The van der Waals surface area contributed by atoms with Gasteiger partial charge in [0, 0.05) is 58.9 Å². The molecule has 174 valence electrons. The summed E-state index contributed by atoms with van der Waals surface area (Å²) < 4.78 is 54.3. The molecule has 0 bridgehead atoms. The predicted octanol–water partition coefficient (Wildman–Crippen LogP) is 1.20. The molecule has 0 N–H and O–H groups in total. The Labute approximate surface area is 185 Å². The average molecular weight is 473 g/mol. The third kappa shape index (κ3) is 5.11. The Kier molecular flexibility index (Phi) is 7.42. The van der Waals surface area contributed by atoms with Crippen molar-refractivity contribution in [2.75, 3.05) is 47.3 Å². The summed E-state index contributed by atoms with van der Waals surface area (Å²) in [5.74, 6) is -0.230. The van der Waals surface area contributed by atoms with Gasteiger partial charge < -0.3 is 4.90 Å². The first-order valence-corrected chi connectivity index (χ1v) is 13.4. The lowest BCUT2D eigenvalue weighted by Gasteiger charge is -2.35. The Morgan fingerprint density at radius 3 is 1.94 bits per heavy atom. The number of rotatable bonds is 6.